The fraction of sp³-hybridized carbons (Fsp3) is 1.00. The molecule has 0 aromatic carbocycles. The van der Waals surface area contributed by atoms with Crippen molar-refractivity contribution in [3.63, 3.8) is 0 Å². The van der Waals surface area contributed by atoms with Crippen LogP contribution in [0.5, 0.6) is 0 Å². The monoisotopic (exact) mass is 226 g/mol. The molecule has 0 bridgehead atoms. The van der Waals surface area contributed by atoms with Gasteiger partial charge in [-0.1, -0.05) is 13.8 Å². The molecule has 2 N–H and O–H groups in total. The molecule has 2 fully saturated rings. The topological polar surface area (TPSA) is 38.5 Å². The molecule has 0 aromatic rings. The lowest BCUT2D eigenvalue weighted by Crippen LogP contribution is -2.38. The Hall–Kier alpha value is -0.120. The lowest BCUT2D eigenvalue weighted by molar-refractivity contribution is 0.167. The van der Waals surface area contributed by atoms with Crippen molar-refractivity contribution in [1.82, 2.24) is 4.90 Å². The molecule has 0 saturated carbocycles. The smallest absolute Gasteiger partial charge is 0.0621 e. The molecule has 2 aliphatic heterocycles. The van der Waals surface area contributed by atoms with Crippen LogP contribution in [0.2, 0.25) is 0 Å². The lowest BCUT2D eigenvalue weighted by atomic mass is 9.82. The summed E-state index contributed by atoms with van der Waals surface area (Å²) in [7, 11) is 0. The minimum Gasteiger partial charge on any atom is -0.379 e. The van der Waals surface area contributed by atoms with Gasteiger partial charge in [-0.3, -0.25) is 0 Å². The van der Waals surface area contributed by atoms with Crippen LogP contribution in [0.15, 0.2) is 0 Å². The van der Waals surface area contributed by atoms with Gasteiger partial charge in [0.25, 0.3) is 0 Å². The number of likely N-dealkylation sites (tertiary alicyclic amines) is 1. The average Bonchev–Trinajstić information content (AvgIpc) is 2.88. The van der Waals surface area contributed by atoms with Gasteiger partial charge in [0.15, 0.2) is 0 Å². The average molecular weight is 226 g/mol. The maximum absolute atomic E-state index is 6.04. The SMILES string of the molecule is CCC1(CC)CCN(CC2COCC2N)C1. The van der Waals surface area contributed by atoms with Gasteiger partial charge in [0, 0.05) is 25.0 Å². The van der Waals surface area contributed by atoms with Crippen LogP contribution in [-0.4, -0.2) is 43.8 Å². The normalized spacial score (nSPS) is 34.7. The van der Waals surface area contributed by atoms with Crippen LogP contribution in [0, 0.1) is 11.3 Å². The Morgan fingerprint density at radius 2 is 2.06 bits per heavy atom. The molecule has 2 rings (SSSR count). The first-order chi connectivity index (χ1) is 7.69. The van der Waals surface area contributed by atoms with Crippen LogP contribution >= 0.6 is 0 Å². The van der Waals surface area contributed by atoms with Crippen LogP contribution in [0.25, 0.3) is 0 Å². The third-order valence-electron chi connectivity index (χ3n) is 4.76. The minimum absolute atomic E-state index is 0.262. The summed E-state index contributed by atoms with van der Waals surface area (Å²) in [4.78, 5) is 2.60. The van der Waals surface area contributed by atoms with Crippen molar-refractivity contribution in [2.45, 2.75) is 39.2 Å². The van der Waals surface area contributed by atoms with Gasteiger partial charge in [0.1, 0.15) is 0 Å². The summed E-state index contributed by atoms with van der Waals surface area (Å²) in [6.45, 7) is 9.94. The van der Waals surface area contributed by atoms with E-state index >= 15 is 0 Å². The van der Waals surface area contributed by atoms with E-state index in [-0.39, 0.29) is 6.04 Å². The van der Waals surface area contributed by atoms with E-state index in [1.54, 1.807) is 0 Å². The molecule has 0 aliphatic carbocycles. The van der Waals surface area contributed by atoms with Crippen LogP contribution in [0.4, 0.5) is 0 Å². The molecule has 0 aromatic heterocycles. The van der Waals surface area contributed by atoms with Crippen molar-refractivity contribution in [3.8, 4) is 0 Å². The second-order valence-electron chi connectivity index (χ2n) is 5.65. The molecule has 3 heteroatoms. The summed E-state index contributed by atoms with van der Waals surface area (Å²) < 4.78 is 5.43. The second-order valence-corrected chi connectivity index (χ2v) is 5.65. The van der Waals surface area contributed by atoms with Crippen molar-refractivity contribution in [2.24, 2.45) is 17.1 Å². The fourth-order valence-corrected chi connectivity index (χ4v) is 3.15. The van der Waals surface area contributed by atoms with Gasteiger partial charge in [0.2, 0.25) is 0 Å². The second kappa shape index (κ2) is 5.03. The third kappa shape index (κ3) is 2.41. The first-order valence-electron chi connectivity index (χ1n) is 6.75. The summed E-state index contributed by atoms with van der Waals surface area (Å²) in [5.41, 5.74) is 6.62. The van der Waals surface area contributed by atoms with Gasteiger partial charge in [-0.05, 0) is 31.2 Å². The molecule has 2 heterocycles. The number of nitrogens with two attached hydrogens (primary N) is 1. The molecule has 2 saturated heterocycles. The van der Waals surface area contributed by atoms with Crippen LogP contribution < -0.4 is 5.73 Å². The van der Waals surface area contributed by atoms with Gasteiger partial charge in [-0.15, -0.1) is 0 Å². The number of hydrogen-bond donors (Lipinski definition) is 1. The Labute approximate surface area is 99.3 Å². The predicted octanol–water partition coefficient (Wildman–Crippen LogP) is 1.47. The molecule has 0 spiro atoms. The van der Waals surface area contributed by atoms with Crippen LogP contribution in [0.3, 0.4) is 0 Å². The van der Waals surface area contributed by atoms with Crippen LogP contribution in [0.1, 0.15) is 33.1 Å². The quantitative estimate of drug-likeness (QED) is 0.789. The van der Waals surface area contributed by atoms with E-state index in [0.29, 0.717) is 11.3 Å². The Morgan fingerprint density at radius 3 is 2.56 bits per heavy atom. The summed E-state index contributed by atoms with van der Waals surface area (Å²) in [6, 6.07) is 0.262. The standard InChI is InChI=1S/C13H26N2O/c1-3-13(4-2)5-6-15(10-13)7-11-8-16-9-12(11)14/h11-12H,3-10,14H2,1-2H3. The minimum atomic E-state index is 0.262. The highest BCUT2D eigenvalue weighted by Gasteiger charge is 2.37. The first-order valence-corrected chi connectivity index (χ1v) is 6.75. The summed E-state index contributed by atoms with van der Waals surface area (Å²) >= 11 is 0. The van der Waals surface area contributed by atoms with Gasteiger partial charge in [-0.2, -0.15) is 0 Å². The lowest BCUT2D eigenvalue weighted by Gasteiger charge is -2.28. The van der Waals surface area contributed by atoms with Gasteiger partial charge >= 0.3 is 0 Å². The Kier molecular flexibility index (Phi) is 3.88. The Morgan fingerprint density at radius 1 is 1.31 bits per heavy atom. The molecule has 2 unspecified atom stereocenters. The molecule has 16 heavy (non-hydrogen) atoms. The Balaban J connectivity index is 1.84. The zero-order valence-corrected chi connectivity index (χ0v) is 10.7. The number of hydrogen-bond acceptors (Lipinski definition) is 3. The van der Waals surface area contributed by atoms with Crippen molar-refractivity contribution < 1.29 is 4.74 Å². The van der Waals surface area contributed by atoms with E-state index in [1.807, 2.05) is 0 Å². The molecule has 94 valence electrons. The largest absolute Gasteiger partial charge is 0.379 e. The zero-order valence-electron chi connectivity index (χ0n) is 10.7. The summed E-state index contributed by atoms with van der Waals surface area (Å²) in [6.07, 6.45) is 3.99. The highest BCUT2D eigenvalue weighted by molar-refractivity contribution is 4.90. The van der Waals surface area contributed by atoms with Crippen molar-refractivity contribution in [3.05, 3.63) is 0 Å². The van der Waals surface area contributed by atoms with E-state index in [0.717, 1.165) is 19.8 Å². The van der Waals surface area contributed by atoms with Crippen molar-refractivity contribution in [1.29, 1.82) is 0 Å². The molecular weight excluding hydrogens is 200 g/mol. The predicted molar refractivity (Wildman–Crippen MR) is 66.4 cm³/mol. The van der Waals surface area contributed by atoms with E-state index in [1.165, 1.54) is 32.4 Å². The van der Waals surface area contributed by atoms with Gasteiger partial charge in [0.05, 0.1) is 13.2 Å². The third-order valence-corrected chi connectivity index (χ3v) is 4.76. The summed E-state index contributed by atoms with van der Waals surface area (Å²) in [5, 5.41) is 0. The Bertz CT molecular complexity index is 228. The van der Waals surface area contributed by atoms with E-state index in [2.05, 4.69) is 18.7 Å². The zero-order chi connectivity index (χ0) is 11.6. The number of rotatable bonds is 4. The van der Waals surface area contributed by atoms with Crippen molar-refractivity contribution in [2.75, 3.05) is 32.8 Å². The summed E-state index contributed by atoms with van der Waals surface area (Å²) in [5.74, 6) is 0.560. The van der Waals surface area contributed by atoms with E-state index < -0.39 is 0 Å². The maximum Gasteiger partial charge on any atom is 0.0621 e. The fourth-order valence-electron chi connectivity index (χ4n) is 3.15. The molecule has 0 radical (unpaired) electrons. The molecule has 0 amide bonds. The number of ether oxygens (including phenoxy) is 1. The first kappa shape index (κ1) is 12.3. The highest BCUT2D eigenvalue weighted by atomic mass is 16.5. The molecular formula is C13H26N2O. The van der Waals surface area contributed by atoms with E-state index in [9.17, 15) is 0 Å². The van der Waals surface area contributed by atoms with Crippen molar-refractivity contribution >= 4 is 0 Å². The van der Waals surface area contributed by atoms with E-state index in [4.69, 9.17) is 10.5 Å². The maximum atomic E-state index is 6.04. The molecule has 2 atom stereocenters. The van der Waals surface area contributed by atoms with Gasteiger partial charge in [-0.25, -0.2) is 0 Å². The highest BCUT2D eigenvalue weighted by Crippen LogP contribution is 2.37. The number of nitrogens with zero attached hydrogens (tertiary/aromatic N) is 1. The molecule has 3 nitrogen and oxygen atoms in total. The molecule has 2 aliphatic rings. The van der Waals surface area contributed by atoms with Crippen LogP contribution in [-0.2, 0) is 4.74 Å². The van der Waals surface area contributed by atoms with Gasteiger partial charge < -0.3 is 15.4 Å².